The standard InChI is InChI=1S/C25H33FN4O6S2/c1-4-17-16-20-21(24(31)27-2)22(18-8-10-19(26)11-9-18)36-25(20)28-23(17)30(37(3,32)33)14-7-15-38(34,35)29-12-5-6-13-29/h8-11,16,24,27,31H,4-7,12-15H2,1-3H3. The molecule has 0 amide bonds. The first-order valence-electron chi connectivity index (χ1n) is 12.5. The molecule has 38 heavy (non-hydrogen) atoms. The third-order valence-electron chi connectivity index (χ3n) is 6.67. The van der Waals surface area contributed by atoms with Gasteiger partial charge in [0, 0.05) is 30.6 Å². The molecule has 0 saturated carbocycles. The SMILES string of the molecule is CCc1cc2c(C(O)NC)c(-c3ccc(F)cc3)oc2nc1N(CCCS(=O)(=O)N1CCCC1)S(C)(=O)=O. The number of aryl methyl sites for hydroxylation is 1. The Bertz CT molecular complexity index is 1500. The van der Waals surface area contributed by atoms with Crippen LogP contribution in [0.3, 0.4) is 0 Å². The molecule has 0 bridgehead atoms. The van der Waals surface area contributed by atoms with Gasteiger partial charge in [-0.25, -0.2) is 25.5 Å². The van der Waals surface area contributed by atoms with Gasteiger partial charge in [-0.3, -0.25) is 9.62 Å². The Morgan fingerprint density at radius 3 is 2.42 bits per heavy atom. The van der Waals surface area contributed by atoms with Crippen molar-refractivity contribution in [2.75, 3.05) is 43.0 Å². The van der Waals surface area contributed by atoms with E-state index in [2.05, 4.69) is 10.3 Å². The van der Waals surface area contributed by atoms with Crippen LogP contribution >= 0.6 is 0 Å². The van der Waals surface area contributed by atoms with Crippen molar-refractivity contribution in [3.05, 3.63) is 47.3 Å². The van der Waals surface area contributed by atoms with Gasteiger partial charge in [-0.15, -0.1) is 0 Å². The molecular weight excluding hydrogens is 535 g/mol. The summed E-state index contributed by atoms with van der Waals surface area (Å²) in [5, 5.41) is 14.0. The molecule has 1 unspecified atom stereocenters. The van der Waals surface area contributed by atoms with Crippen molar-refractivity contribution in [2.24, 2.45) is 0 Å². The summed E-state index contributed by atoms with van der Waals surface area (Å²) in [6.45, 7) is 2.76. The summed E-state index contributed by atoms with van der Waals surface area (Å²) in [5.41, 5.74) is 1.59. The van der Waals surface area contributed by atoms with Crippen molar-refractivity contribution < 1.29 is 30.7 Å². The molecule has 1 aliphatic rings. The molecule has 0 spiro atoms. The lowest BCUT2D eigenvalue weighted by molar-refractivity contribution is 0.150. The molecule has 1 aromatic carbocycles. The lowest BCUT2D eigenvalue weighted by Gasteiger charge is -2.24. The molecule has 1 fully saturated rings. The van der Waals surface area contributed by atoms with Crippen LogP contribution in [-0.4, -0.2) is 69.9 Å². The van der Waals surface area contributed by atoms with Crippen molar-refractivity contribution in [1.82, 2.24) is 14.6 Å². The van der Waals surface area contributed by atoms with Gasteiger partial charge in [0.05, 0.1) is 17.6 Å². The molecule has 4 rings (SSSR count). The highest BCUT2D eigenvalue weighted by Crippen LogP contribution is 2.38. The highest BCUT2D eigenvalue weighted by molar-refractivity contribution is 7.92. The molecule has 3 heterocycles. The first-order chi connectivity index (χ1) is 18.0. The van der Waals surface area contributed by atoms with E-state index < -0.39 is 32.1 Å². The van der Waals surface area contributed by atoms with Crippen molar-refractivity contribution >= 4 is 37.0 Å². The number of aliphatic hydroxyl groups is 1. The molecule has 208 valence electrons. The van der Waals surface area contributed by atoms with Gasteiger partial charge < -0.3 is 9.52 Å². The average Bonchev–Trinajstić information content (AvgIpc) is 3.54. The molecule has 1 aliphatic heterocycles. The van der Waals surface area contributed by atoms with E-state index in [1.54, 1.807) is 13.1 Å². The third kappa shape index (κ3) is 5.86. The van der Waals surface area contributed by atoms with Crippen LogP contribution in [0.1, 0.15) is 43.5 Å². The minimum atomic E-state index is -3.82. The van der Waals surface area contributed by atoms with E-state index in [-0.39, 0.29) is 36.0 Å². The molecule has 0 aliphatic carbocycles. The summed E-state index contributed by atoms with van der Waals surface area (Å²) in [5.74, 6) is -0.177. The van der Waals surface area contributed by atoms with Crippen LogP contribution in [0.25, 0.3) is 22.4 Å². The smallest absolute Gasteiger partial charge is 0.233 e. The van der Waals surface area contributed by atoms with Crippen molar-refractivity contribution in [3.8, 4) is 11.3 Å². The zero-order valence-corrected chi connectivity index (χ0v) is 23.3. The zero-order chi connectivity index (χ0) is 27.7. The number of rotatable bonds is 11. The molecule has 0 radical (unpaired) electrons. The van der Waals surface area contributed by atoms with E-state index in [9.17, 15) is 26.3 Å². The Morgan fingerprint density at radius 2 is 1.84 bits per heavy atom. The second-order valence-corrected chi connectivity index (χ2v) is 13.3. The second kappa shape index (κ2) is 11.3. The highest BCUT2D eigenvalue weighted by Gasteiger charge is 2.29. The summed E-state index contributed by atoms with van der Waals surface area (Å²) in [6, 6.07) is 7.31. The van der Waals surface area contributed by atoms with Crippen LogP contribution in [0.2, 0.25) is 0 Å². The van der Waals surface area contributed by atoms with Gasteiger partial charge in [-0.05, 0) is 68.6 Å². The van der Waals surface area contributed by atoms with Gasteiger partial charge in [0.25, 0.3) is 0 Å². The van der Waals surface area contributed by atoms with Crippen molar-refractivity contribution in [1.29, 1.82) is 0 Å². The number of aromatic nitrogens is 1. The Hall–Kier alpha value is -2.58. The Morgan fingerprint density at radius 1 is 1.18 bits per heavy atom. The average molecular weight is 569 g/mol. The molecule has 10 nitrogen and oxygen atoms in total. The van der Waals surface area contributed by atoms with Gasteiger partial charge in [-0.1, -0.05) is 6.92 Å². The predicted octanol–water partition coefficient (Wildman–Crippen LogP) is 2.99. The number of aliphatic hydroxyl groups excluding tert-OH is 1. The van der Waals surface area contributed by atoms with E-state index in [0.717, 1.165) is 23.4 Å². The summed E-state index contributed by atoms with van der Waals surface area (Å²) < 4.78 is 73.1. The fourth-order valence-corrected chi connectivity index (χ4v) is 7.20. The minimum Gasteiger partial charge on any atom is -0.437 e. The lowest BCUT2D eigenvalue weighted by Crippen LogP contribution is -2.35. The number of nitrogens with zero attached hydrogens (tertiary/aromatic N) is 3. The van der Waals surface area contributed by atoms with Gasteiger partial charge in [-0.2, -0.15) is 4.98 Å². The highest BCUT2D eigenvalue weighted by atomic mass is 32.2. The van der Waals surface area contributed by atoms with Gasteiger partial charge >= 0.3 is 0 Å². The number of anilines is 1. The van der Waals surface area contributed by atoms with E-state index in [0.29, 0.717) is 41.6 Å². The second-order valence-electron chi connectivity index (χ2n) is 9.33. The molecule has 2 N–H and O–H groups in total. The fraction of sp³-hybridized carbons (Fsp3) is 0.480. The summed E-state index contributed by atoms with van der Waals surface area (Å²) in [6.07, 6.45) is 2.09. The molecule has 13 heteroatoms. The number of benzene rings is 1. The van der Waals surface area contributed by atoms with Gasteiger partial charge in [0.15, 0.2) is 0 Å². The van der Waals surface area contributed by atoms with E-state index >= 15 is 0 Å². The van der Waals surface area contributed by atoms with Crippen LogP contribution in [0.5, 0.6) is 0 Å². The first-order valence-corrected chi connectivity index (χ1v) is 15.9. The topological polar surface area (TPSA) is 133 Å². The molecule has 1 saturated heterocycles. The number of pyridine rings is 1. The summed E-state index contributed by atoms with van der Waals surface area (Å²) in [4.78, 5) is 4.55. The van der Waals surface area contributed by atoms with Gasteiger partial charge in [0.2, 0.25) is 25.8 Å². The Labute approximate surface area is 222 Å². The summed E-state index contributed by atoms with van der Waals surface area (Å²) >= 11 is 0. The van der Waals surface area contributed by atoms with Crippen LogP contribution < -0.4 is 9.62 Å². The number of hydrogen-bond donors (Lipinski definition) is 2. The molecule has 2 aromatic heterocycles. The quantitative estimate of drug-likeness (QED) is 0.338. The van der Waals surface area contributed by atoms with Gasteiger partial charge in [0.1, 0.15) is 23.6 Å². The molecular formula is C25H33FN4O6S2. The predicted molar refractivity (Wildman–Crippen MR) is 144 cm³/mol. The number of sulfonamides is 2. The van der Waals surface area contributed by atoms with E-state index in [1.807, 2.05) is 6.92 Å². The van der Waals surface area contributed by atoms with Crippen molar-refractivity contribution in [2.45, 2.75) is 38.8 Å². The Kier molecular flexibility index (Phi) is 8.43. The monoisotopic (exact) mass is 568 g/mol. The van der Waals surface area contributed by atoms with Crippen molar-refractivity contribution in [3.63, 3.8) is 0 Å². The fourth-order valence-electron chi connectivity index (χ4n) is 4.70. The lowest BCUT2D eigenvalue weighted by atomic mass is 10.0. The van der Waals surface area contributed by atoms with Crippen LogP contribution in [0.15, 0.2) is 34.7 Å². The zero-order valence-electron chi connectivity index (χ0n) is 21.6. The molecule has 1 atom stereocenters. The largest absolute Gasteiger partial charge is 0.437 e. The normalized spacial score (nSPS) is 15.8. The van der Waals surface area contributed by atoms with Crippen LogP contribution in [0, 0.1) is 5.82 Å². The minimum absolute atomic E-state index is 0.0745. The number of furan rings is 1. The van der Waals surface area contributed by atoms with Crippen LogP contribution in [-0.2, 0) is 26.5 Å². The maximum atomic E-state index is 13.5. The first kappa shape index (κ1) is 28.4. The van der Waals surface area contributed by atoms with E-state index in [1.165, 1.54) is 28.6 Å². The maximum Gasteiger partial charge on any atom is 0.233 e. The third-order valence-corrected chi connectivity index (χ3v) is 9.78. The van der Waals surface area contributed by atoms with Crippen LogP contribution in [0.4, 0.5) is 10.2 Å². The number of hydrogen-bond acceptors (Lipinski definition) is 8. The molecule has 3 aromatic rings. The maximum absolute atomic E-state index is 13.5. The van der Waals surface area contributed by atoms with E-state index in [4.69, 9.17) is 4.42 Å². The Balaban J connectivity index is 1.75. The number of fused-ring (bicyclic) bond motifs is 1. The number of nitrogens with one attached hydrogen (secondary N) is 1. The summed E-state index contributed by atoms with van der Waals surface area (Å²) in [7, 11) is -5.72. The number of halogens is 1.